The number of benzene rings is 2. The highest BCUT2D eigenvalue weighted by Crippen LogP contribution is 2.30. The van der Waals surface area contributed by atoms with Crippen LogP contribution in [0.25, 0.3) is 22.5 Å². The first-order chi connectivity index (χ1) is 14.1. The number of hydrogen-bond acceptors (Lipinski definition) is 6. The van der Waals surface area contributed by atoms with E-state index in [9.17, 15) is 4.79 Å². The van der Waals surface area contributed by atoms with E-state index in [4.69, 9.17) is 23.2 Å². The predicted molar refractivity (Wildman–Crippen MR) is 117 cm³/mol. The molecule has 1 heterocycles. The summed E-state index contributed by atoms with van der Waals surface area (Å²) >= 11 is 12.8. The molecule has 0 saturated carbocycles. The molecule has 0 atom stereocenters. The maximum Gasteiger partial charge on any atom is 0.232 e. The Morgan fingerprint density at radius 1 is 0.759 bits per heavy atom. The molecule has 0 fully saturated rings. The summed E-state index contributed by atoms with van der Waals surface area (Å²) in [4.78, 5) is 16.3. The molecule has 0 spiro atoms. The van der Waals surface area contributed by atoms with Gasteiger partial charge in [-0.15, -0.1) is 10.2 Å². The van der Waals surface area contributed by atoms with Gasteiger partial charge in [0, 0.05) is 11.1 Å². The highest BCUT2D eigenvalue weighted by Gasteiger charge is 2.18. The molecule has 29 heavy (non-hydrogen) atoms. The van der Waals surface area contributed by atoms with Crippen LogP contribution in [0.15, 0.2) is 92.4 Å². The largest absolute Gasteiger partial charge is 0.287 e. The number of nitrogens with zero attached hydrogens (tertiary/aromatic N) is 4. The minimum atomic E-state index is -0.422. The SMILES string of the molecule is O=C1C(Cl)=CC(=NSc2nnc(-c3ccccc3)c(-c3ccccc3)n2)C=C1Cl. The topological polar surface area (TPSA) is 68.1 Å². The van der Waals surface area contributed by atoms with Crippen molar-refractivity contribution in [3.05, 3.63) is 82.9 Å². The molecule has 0 aliphatic heterocycles. The van der Waals surface area contributed by atoms with Gasteiger partial charge in [0.1, 0.15) is 11.4 Å². The number of Topliss-reactive ketones (excluding diaryl/α,β-unsaturated/α-hetero) is 1. The van der Waals surface area contributed by atoms with Crippen molar-refractivity contribution in [1.82, 2.24) is 15.2 Å². The van der Waals surface area contributed by atoms with E-state index in [2.05, 4.69) is 19.6 Å². The van der Waals surface area contributed by atoms with Crippen LogP contribution >= 0.6 is 35.1 Å². The third kappa shape index (κ3) is 4.45. The highest BCUT2D eigenvalue weighted by atomic mass is 35.5. The number of aromatic nitrogens is 3. The van der Waals surface area contributed by atoms with Crippen molar-refractivity contribution < 1.29 is 4.79 Å². The summed E-state index contributed by atoms with van der Waals surface area (Å²) in [5.41, 5.74) is 3.68. The van der Waals surface area contributed by atoms with Crippen LogP contribution in [0.1, 0.15) is 0 Å². The molecule has 0 N–H and O–H groups in total. The van der Waals surface area contributed by atoms with Crippen LogP contribution in [0, 0.1) is 0 Å². The molecule has 2 aromatic carbocycles. The monoisotopic (exact) mass is 438 g/mol. The van der Waals surface area contributed by atoms with Crippen molar-refractivity contribution >= 4 is 46.6 Å². The summed E-state index contributed by atoms with van der Waals surface area (Å²) < 4.78 is 4.32. The van der Waals surface area contributed by atoms with Gasteiger partial charge in [0.2, 0.25) is 10.9 Å². The van der Waals surface area contributed by atoms with Crippen LogP contribution in [0.3, 0.4) is 0 Å². The molecule has 1 aromatic heterocycles. The third-order valence-corrected chi connectivity index (χ3v) is 5.18. The summed E-state index contributed by atoms with van der Waals surface area (Å²) in [7, 11) is 0. The van der Waals surface area contributed by atoms with Crippen LogP contribution < -0.4 is 0 Å². The zero-order chi connectivity index (χ0) is 20.2. The molecule has 4 rings (SSSR count). The van der Waals surface area contributed by atoms with Gasteiger partial charge >= 0.3 is 0 Å². The van der Waals surface area contributed by atoms with E-state index >= 15 is 0 Å². The van der Waals surface area contributed by atoms with Crippen molar-refractivity contribution in [2.75, 3.05) is 0 Å². The Labute approximate surface area is 181 Å². The molecular formula is C21H12Cl2N4OS. The molecular weight excluding hydrogens is 427 g/mol. The second-order valence-electron chi connectivity index (χ2n) is 5.94. The standard InChI is InChI=1S/C21H12Cl2N4OS/c22-16-11-15(12-17(23)20(16)28)27-29-21-24-18(13-7-3-1-4-8-13)19(25-26-21)14-9-5-2-6-10-14/h1-12H. The second kappa shape index (κ2) is 8.69. The maximum atomic E-state index is 11.6. The van der Waals surface area contributed by atoms with E-state index in [1.807, 2.05) is 60.7 Å². The Bertz CT molecular complexity index is 1140. The first-order valence-corrected chi connectivity index (χ1v) is 10.0. The minimum Gasteiger partial charge on any atom is -0.287 e. The molecule has 1 aliphatic rings. The summed E-state index contributed by atoms with van der Waals surface area (Å²) in [6, 6.07) is 19.5. The number of allylic oxidation sites excluding steroid dienone is 4. The van der Waals surface area contributed by atoms with Gasteiger partial charge in [-0.2, -0.15) is 0 Å². The first-order valence-electron chi connectivity index (χ1n) is 8.51. The number of hydrogen-bond donors (Lipinski definition) is 0. The van der Waals surface area contributed by atoms with Crippen molar-refractivity contribution in [2.45, 2.75) is 5.16 Å². The predicted octanol–water partition coefficient (Wildman–Crippen LogP) is 5.48. The van der Waals surface area contributed by atoms with Crippen LogP contribution in [0.2, 0.25) is 0 Å². The van der Waals surface area contributed by atoms with Crippen LogP contribution in [0.5, 0.6) is 0 Å². The smallest absolute Gasteiger partial charge is 0.232 e. The molecule has 0 amide bonds. The Hall–Kier alpha value is -2.80. The Kier molecular flexibility index (Phi) is 5.85. The van der Waals surface area contributed by atoms with Crippen LogP contribution in [-0.2, 0) is 4.79 Å². The summed E-state index contributed by atoms with van der Waals surface area (Å²) in [5, 5.41) is 8.98. The summed E-state index contributed by atoms with van der Waals surface area (Å²) in [6.45, 7) is 0. The molecule has 0 bridgehead atoms. The van der Waals surface area contributed by atoms with Gasteiger partial charge in [0.15, 0.2) is 0 Å². The van der Waals surface area contributed by atoms with E-state index in [1.54, 1.807) is 0 Å². The third-order valence-electron chi connectivity index (χ3n) is 3.98. The molecule has 0 radical (unpaired) electrons. The van der Waals surface area contributed by atoms with Gasteiger partial charge in [0.05, 0.1) is 27.7 Å². The van der Waals surface area contributed by atoms with E-state index in [-0.39, 0.29) is 10.1 Å². The van der Waals surface area contributed by atoms with Crippen molar-refractivity contribution in [1.29, 1.82) is 0 Å². The van der Waals surface area contributed by atoms with Gasteiger partial charge in [-0.1, -0.05) is 83.9 Å². The lowest BCUT2D eigenvalue weighted by molar-refractivity contribution is -0.111. The summed E-state index contributed by atoms with van der Waals surface area (Å²) in [6.07, 6.45) is 2.90. The Morgan fingerprint density at radius 3 is 1.90 bits per heavy atom. The fourth-order valence-electron chi connectivity index (χ4n) is 2.63. The van der Waals surface area contributed by atoms with E-state index in [0.29, 0.717) is 22.3 Å². The molecule has 3 aromatic rings. The molecule has 142 valence electrons. The van der Waals surface area contributed by atoms with E-state index in [1.165, 1.54) is 12.2 Å². The Morgan fingerprint density at radius 2 is 1.31 bits per heavy atom. The van der Waals surface area contributed by atoms with Crippen molar-refractivity contribution in [3.8, 4) is 22.5 Å². The fourth-order valence-corrected chi connectivity index (χ4v) is 3.61. The molecule has 8 heteroatoms. The average Bonchev–Trinajstić information content (AvgIpc) is 2.77. The number of carbonyl (C=O) groups is 1. The normalized spacial score (nSPS) is 13.7. The van der Waals surface area contributed by atoms with Gasteiger partial charge in [-0.3, -0.25) is 4.79 Å². The highest BCUT2D eigenvalue weighted by molar-refractivity contribution is 7.98. The van der Waals surface area contributed by atoms with E-state index < -0.39 is 5.78 Å². The van der Waals surface area contributed by atoms with Gasteiger partial charge in [-0.25, -0.2) is 9.38 Å². The quantitative estimate of drug-likeness (QED) is 0.398. The minimum absolute atomic E-state index is 0.0142. The van der Waals surface area contributed by atoms with Crippen molar-refractivity contribution in [2.24, 2.45) is 4.40 Å². The number of rotatable bonds is 4. The zero-order valence-corrected chi connectivity index (χ0v) is 17.1. The molecule has 1 aliphatic carbocycles. The lowest BCUT2D eigenvalue weighted by Crippen LogP contribution is -2.07. The molecule has 0 saturated heterocycles. The zero-order valence-electron chi connectivity index (χ0n) is 14.8. The van der Waals surface area contributed by atoms with Gasteiger partial charge < -0.3 is 0 Å². The van der Waals surface area contributed by atoms with Crippen molar-refractivity contribution in [3.63, 3.8) is 0 Å². The number of halogens is 2. The van der Waals surface area contributed by atoms with Crippen LogP contribution in [-0.4, -0.2) is 26.7 Å². The number of carbonyl (C=O) groups excluding carboxylic acids is 1. The number of ketones is 1. The van der Waals surface area contributed by atoms with E-state index in [0.717, 1.165) is 23.1 Å². The first kappa shape index (κ1) is 19.5. The average molecular weight is 439 g/mol. The lowest BCUT2D eigenvalue weighted by atomic mass is 10.0. The fraction of sp³-hybridized carbons (Fsp3) is 0. The lowest BCUT2D eigenvalue weighted by Gasteiger charge is -2.09. The van der Waals surface area contributed by atoms with Gasteiger partial charge in [0.25, 0.3) is 0 Å². The molecule has 5 nitrogen and oxygen atoms in total. The Balaban J connectivity index is 1.71. The van der Waals surface area contributed by atoms with Gasteiger partial charge in [-0.05, 0) is 12.2 Å². The second-order valence-corrected chi connectivity index (χ2v) is 7.49. The summed E-state index contributed by atoms with van der Waals surface area (Å²) in [5.74, 6) is -0.422. The van der Waals surface area contributed by atoms with Crippen LogP contribution in [0.4, 0.5) is 0 Å². The maximum absolute atomic E-state index is 11.6. The molecule has 0 unspecified atom stereocenters.